The van der Waals surface area contributed by atoms with Gasteiger partial charge in [-0.1, -0.05) is 27.7 Å². The van der Waals surface area contributed by atoms with Crippen LogP contribution in [0, 0.1) is 11.8 Å². The summed E-state index contributed by atoms with van der Waals surface area (Å²) in [5.41, 5.74) is 0. The van der Waals surface area contributed by atoms with E-state index in [4.69, 9.17) is 12.2 Å². The normalized spacial score (nSPS) is 21.6. The second-order valence-electron chi connectivity index (χ2n) is 3.93. The molecule has 1 aliphatic carbocycles. The first-order valence-corrected chi connectivity index (χ1v) is 6.24. The summed E-state index contributed by atoms with van der Waals surface area (Å²) in [4.78, 5) is 11.3. The number of carbonyl (C=O) groups is 1. The summed E-state index contributed by atoms with van der Waals surface area (Å²) >= 11 is 4.80. The molecule has 16 heavy (non-hydrogen) atoms. The van der Waals surface area contributed by atoms with E-state index in [1.54, 1.807) is 7.05 Å². The first kappa shape index (κ1) is 15.2. The smallest absolute Gasteiger partial charge is 0.321 e. The lowest BCUT2D eigenvalue weighted by Crippen LogP contribution is -2.44. The lowest BCUT2D eigenvalue weighted by atomic mass is 10.1. The van der Waals surface area contributed by atoms with Crippen LogP contribution in [0.1, 0.15) is 34.1 Å². The molecule has 1 fully saturated rings. The standard InChI is InChI=1S/C9H17N3OS.C2H6/c1-5(2)6-4-7(6)11-8(13)12-9(14)10-3;1-2/h5-7H,4H2,1-3H3,(H3,10,11,12,13,14);1-2H3. The van der Waals surface area contributed by atoms with E-state index in [0.29, 0.717) is 23.0 Å². The van der Waals surface area contributed by atoms with Crippen molar-refractivity contribution >= 4 is 23.4 Å². The Morgan fingerprint density at radius 1 is 1.38 bits per heavy atom. The van der Waals surface area contributed by atoms with Crippen LogP contribution in [0.5, 0.6) is 0 Å². The van der Waals surface area contributed by atoms with Crippen molar-refractivity contribution < 1.29 is 4.79 Å². The molecule has 2 unspecified atom stereocenters. The fourth-order valence-electron chi connectivity index (χ4n) is 1.49. The molecule has 0 aromatic carbocycles. The van der Waals surface area contributed by atoms with Gasteiger partial charge in [-0.2, -0.15) is 0 Å². The minimum atomic E-state index is -0.211. The lowest BCUT2D eigenvalue weighted by molar-refractivity contribution is 0.244. The fraction of sp³-hybridized carbons (Fsp3) is 0.818. The van der Waals surface area contributed by atoms with Crippen LogP contribution in [0.4, 0.5) is 4.79 Å². The van der Waals surface area contributed by atoms with E-state index in [9.17, 15) is 4.79 Å². The third-order valence-corrected chi connectivity index (χ3v) is 2.77. The SMILES string of the molecule is CC.CNC(=S)NC(=O)NC1CC1C(C)C. The molecular weight excluding hydrogens is 222 g/mol. The average molecular weight is 245 g/mol. The first-order valence-electron chi connectivity index (χ1n) is 5.83. The molecule has 1 saturated carbocycles. The van der Waals surface area contributed by atoms with E-state index >= 15 is 0 Å². The zero-order valence-corrected chi connectivity index (χ0v) is 11.6. The van der Waals surface area contributed by atoms with Gasteiger partial charge in [-0.05, 0) is 30.5 Å². The van der Waals surface area contributed by atoms with Gasteiger partial charge in [-0.3, -0.25) is 5.32 Å². The Morgan fingerprint density at radius 2 is 1.94 bits per heavy atom. The zero-order chi connectivity index (χ0) is 12.7. The summed E-state index contributed by atoms with van der Waals surface area (Å²) < 4.78 is 0. The van der Waals surface area contributed by atoms with Crippen molar-refractivity contribution in [2.75, 3.05) is 7.05 Å². The van der Waals surface area contributed by atoms with Crippen molar-refractivity contribution in [1.82, 2.24) is 16.0 Å². The van der Waals surface area contributed by atoms with Gasteiger partial charge in [0.15, 0.2) is 5.11 Å². The summed E-state index contributed by atoms with van der Waals surface area (Å²) in [5.74, 6) is 1.26. The first-order chi connectivity index (χ1) is 7.54. The van der Waals surface area contributed by atoms with E-state index in [1.165, 1.54) is 0 Å². The largest absolute Gasteiger partial charge is 0.365 e. The highest BCUT2D eigenvalue weighted by Crippen LogP contribution is 2.36. The Morgan fingerprint density at radius 3 is 2.31 bits per heavy atom. The topological polar surface area (TPSA) is 53.2 Å². The van der Waals surface area contributed by atoms with Crippen LogP contribution >= 0.6 is 12.2 Å². The van der Waals surface area contributed by atoms with Crippen LogP contribution in [0.15, 0.2) is 0 Å². The van der Waals surface area contributed by atoms with Gasteiger partial charge in [0.05, 0.1) is 0 Å². The predicted molar refractivity (Wildman–Crippen MR) is 71.4 cm³/mol. The molecule has 0 aliphatic heterocycles. The number of rotatable bonds is 2. The van der Waals surface area contributed by atoms with Gasteiger partial charge >= 0.3 is 6.03 Å². The zero-order valence-electron chi connectivity index (χ0n) is 10.8. The molecule has 0 bridgehead atoms. The van der Waals surface area contributed by atoms with Gasteiger partial charge in [0.2, 0.25) is 0 Å². The highest BCUT2D eigenvalue weighted by atomic mass is 32.1. The second-order valence-corrected chi connectivity index (χ2v) is 4.34. The molecule has 3 N–H and O–H groups in total. The number of urea groups is 1. The minimum absolute atomic E-state index is 0.211. The van der Waals surface area contributed by atoms with Gasteiger partial charge in [-0.25, -0.2) is 4.79 Å². The number of hydrogen-bond acceptors (Lipinski definition) is 2. The Hall–Kier alpha value is -0.840. The molecule has 0 aromatic heterocycles. The van der Waals surface area contributed by atoms with E-state index < -0.39 is 0 Å². The third kappa shape index (κ3) is 5.30. The molecule has 2 amide bonds. The van der Waals surface area contributed by atoms with Gasteiger partial charge in [-0.15, -0.1) is 0 Å². The predicted octanol–water partition coefficient (Wildman–Crippen LogP) is 1.86. The molecular formula is C11H23N3OS. The number of hydrogen-bond donors (Lipinski definition) is 3. The van der Waals surface area contributed by atoms with Crippen LogP contribution in [-0.4, -0.2) is 24.2 Å². The summed E-state index contributed by atoms with van der Waals surface area (Å²) in [6, 6.07) is 0.118. The Balaban J connectivity index is 0.00000106. The monoisotopic (exact) mass is 245 g/mol. The Labute approximate surface area is 104 Å². The quantitative estimate of drug-likeness (QED) is 0.651. The Kier molecular flexibility index (Phi) is 7.05. The van der Waals surface area contributed by atoms with E-state index in [-0.39, 0.29) is 6.03 Å². The molecule has 94 valence electrons. The van der Waals surface area contributed by atoms with Gasteiger partial charge in [0.25, 0.3) is 0 Å². The molecule has 1 aliphatic rings. The van der Waals surface area contributed by atoms with Crippen LogP contribution in [0.2, 0.25) is 0 Å². The maximum Gasteiger partial charge on any atom is 0.321 e. The summed E-state index contributed by atoms with van der Waals surface area (Å²) in [5, 5.41) is 8.44. The average Bonchev–Trinajstić information content (AvgIpc) is 3.00. The molecule has 0 radical (unpaired) electrons. The maximum atomic E-state index is 11.3. The van der Waals surface area contributed by atoms with Crippen molar-refractivity contribution in [3.63, 3.8) is 0 Å². The number of carbonyl (C=O) groups excluding carboxylic acids is 1. The Bertz CT molecular complexity index is 243. The van der Waals surface area contributed by atoms with Gasteiger partial charge in [0, 0.05) is 13.1 Å². The fourth-order valence-corrected chi connectivity index (χ4v) is 1.58. The van der Waals surface area contributed by atoms with Crippen molar-refractivity contribution in [2.24, 2.45) is 11.8 Å². The molecule has 5 heteroatoms. The number of thiocarbonyl (C=S) groups is 1. The van der Waals surface area contributed by atoms with Crippen LogP contribution in [0.25, 0.3) is 0 Å². The number of nitrogens with one attached hydrogen (secondary N) is 3. The van der Waals surface area contributed by atoms with Gasteiger partial charge < -0.3 is 10.6 Å². The van der Waals surface area contributed by atoms with Crippen molar-refractivity contribution in [3.8, 4) is 0 Å². The number of amides is 2. The molecule has 0 saturated heterocycles. The van der Waals surface area contributed by atoms with E-state index in [1.807, 2.05) is 13.8 Å². The molecule has 0 aromatic rings. The van der Waals surface area contributed by atoms with E-state index in [0.717, 1.165) is 6.42 Å². The highest BCUT2D eigenvalue weighted by molar-refractivity contribution is 7.80. The van der Waals surface area contributed by atoms with Crippen molar-refractivity contribution in [3.05, 3.63) is 0 Å². The van der Waals surface area contributed by atoms with E-state index in [2.05, 4.69) is 29.8 Å². The van der Waals surface area contributed by atoms with Crippen molar-refractivity contribution in [1.29, 1.82) is 0 Å². The van der Waals surface area contributed by atoms with Crippen LogP contribution in [0.3, 0.4) is 0 Å². The summed E-state index contributed by atoms with van der Waals surface area (Å²) in [6.07, 6.45) is 1.08. The van der Waals surface area contributed by atoms with Crippen LogP contribution < -0.4 is 16.0 Å². The molecule has 1 rings (SSSR count). The molecule has 4 nitrogen and oxygen atoms in total. The third-order valence-electron chi connectivity index (χ3n) is 2.47. The maximum absolute atomic E-state index is 11.3. The molecule has 0 spiro atoms. The second kappa shape index (κ2) is 7.44. The highest BCUT2D eigenvalue weighted by Gasteiger charge is 2.40. The van der Waals surface area contributed by atoms with Crippen LogP contribution in [-0.2, 0) is 0 Å². The minimum Gasteiger partial charge on any atom is -0.365 e. The van der Waals surface area contributed by atoms with Crippen molar-refractivity contribution in [2.45, 2.75) is 40.2 Å². The summed E-state index contributed by atoms with van der Waals surface area (Å²) in [7, 11) is 1.68. The molecule has 2 atom stereocenters. The summed E-state index contributed by atoms with van der Waals surface area (Å²) in [6.45, 7) is 8.34. The lowest BCUT2D eigenvalue weighted by Gasteiger charge is -2.08. The van der Waals surface area contributed by atoms with Gasteiger partial charge in [0.1, 0.15) is 0 Å². The molecule has 0 heterocycles.